The molecule has 0 radical (unpaired) electrons. The summed E-state index contributed by atoms with van der Waals surface area (Å²) in [5, 5.41) is 0. The van der Waals surface area contributed by atoms with E-state index in [-0.39, 0.29) is 0 Å². The maximum absolute atomic E-state index is 12.0. The molecule has 2 rings (SSSR count). The van der Waals surface area contributed by atoms with E-state index in [0.29, 0.717) is 12.8 Å². The standard InChI is InChI=1S/C17H18O4/c1-16(11-7-10-13-8-5-4-6-9-13)12-17(16,14(18)20-2)15(19)21-3/h4-6,8-9H,10,12H2,1-3H3. The molecular formula is C17H18O4. The highest BCUT2D eigenvalue weighted by atomic mass is 16.5. The van der Waals surface area contributed by atoms with Gasteiger partial charge in [0.2, 0.25) is 0 Å². The monoisotopic (exact) mass is 286 g/mol. The zero-order valence-electron chi connectivity index (χ0n) is 12.4. The molecule has 21 heavy (non-hydrogen) atoms. The molecular weight excluding hydrogens is 268 g/mol. The lowest BCUT2D eigenvalue weighted by Gasteiger charge is -2.14. The van der Waals surface area contributed by atoms with Crippen LogP contribution < -0.4 is 0 Å². The van der Waals surface area contributed by atoms with Gasteiger partial charge in [0.15, 0.2) is 5.41 Å². The Bertz CT molecular complexity index is 593. The summed E-state index contributed by atoms with van der Waals surface area (Å²) in [4.78, 5) is 23.9. The van der Waals surface area contributed by atoms with Gasteiger partial charge in [-0.05, 0) is 18.9 Å². The fraction of sp³-hybridized carbons (Fsp3) is 0.412. The Morgan fingerprint density at radius 1 is 1.14 bits per heavy atom. The van der Waals surface area contributed by atoms with Gasteiger partial charge in [-0.15, -0.1) is 0 Å². The van der Waals surface area contributed by atoms with Gasteiger partial charge in [-0.2, -0.15) is 0 Å². The number of carbonyl (C=O) groups is 2. The predicted octanol–water partition coefficient (Wildman–Crippen LogP) is 1.97. The van der Waals surface area contributed by atoms with Gasteiger partial charge >= 0.3 is 11.9 Å². The number of hydrogen-bond acceptors (Lipinski definition) is 4. The largest absolute Gasteiger partial charge is 0.468 e. The fourth-order valence-corrected chi connectivity index (χ4v) is 2.60. The first-order chi connectivity index (χ1) is 10.00. The van der Waals surface area contributed by atoms with Crippen LogP contribution >= 0.6 is 0 Å². The summed E-state index contributed by atoms with van der Waals surface area (Å²) in [6.07, 6.45) is 0.913. The van der Waals surface area contributed by atoms with Crippen LogP contribution in [-0.4, -0.2) is 26.2 Å². The second-order valence-electron chi connectivity index (χ2n) is 5.36. The first kappa shape index (κ1) is 15.1. The number of benzene rings is 1. The molecule has 4 nitrogen and oxygen atoms in total. The minimum absolute atomic E-state index is 0.334. The van der Waals surface area contributed by atoms with Crippen LogP contribution in [-0.2, 0) is 25.5 Å². The van der Waals surface area contributed by atoms with Crippen LogP contribution in [0.2, 0.25) is 0 Å². The molecule has 0 aliphatic heterocycles. The molecule has 0 spiro atoms. The van der Waals surface area contributed by atoms with Crippen molar-refractivity contribution in [2.75, 3.05) is 14.2 Å². The van der Waals surface area contributed by atoms with Crippen LogP contribution in [0.4, 0.5) is 0 Å². The van der Waals surface area contributed by atoms with Gasteiger partial charge in [0.05, 0.1) is 19.6 Å². The van der Waals surface area contributed by atoms with Crippen molar-refractivity contribution in [2.24, 2.45) is 10.8 Å². The average molecular weight is 286 g/mol. The minimum atomic E-state index is -1.28. The van der Waals surface area contributed by atoms with Crippen molar-refractivity contribution < 1.29 is 19.1 Å². The molecule has 1 fully saturated rings. The van der Waals surface area contributed by atoms with E-state index in [2.05, 4.69) is 11.8 Å². The summed E-state index contributed by atoms with van der Waals surface area (Å²) in [7, 11) is 2.53. The SMILES string of the molecule is COC(=O)C1(C(=O)OC)CC1(C)C#CCc1ccccc1. The molecule has 1 aromatic carbocycles. The Hall–Kier alpha value is -2.28. The lowest BCUT2D eigenvalue weighted by Crippen LogP contribution is -2.33. The van der Waals surface area contributed by atoms with Crippen LogP contribution in [0.15, 0.2) is 30.3 Å². The van der Waals surface area contributed by atoms with Crippen LogP contribution in [0, 0.1) is 22.7 Å². The van der Waals surface area contributed by atoms with E-state index in [1.165, 1.54) is 14.2 Å². The predicted molar refractivity (Wildman–Crippen MR) is 77.1 cm³/mol. The van der Waals surface area contributed by atoms with Gasteiger partial charge < -0.3 is 9.47 Å². The Kier molecular flexibility index (Phi) is 4.04. The van der Waals surface area contributed by atoms with Crippen LogP contribution in [0.3, 0.4) is 0 Å². The normalized spacial score (nSPS) is 21.7. The molecule has 110 valence electrons. The van der Waals surface area contributed by atoms with E-state index in [1.54, 1.807) is 6.92 Å². The van der Waals surface area contributed by atoms with Crippen molar-refractivity contribution in [3.63, 3.8) is 0 Å². The molecule has 0 amide bonds. The van der Waals surface area contributed by atoms with Crippen molar-refractivity contribution in [1.29, 1.82) is 0 Å². The van der Waals surface area contributed by atoms with Crippen LogP contribution in [0.1, 0.15) is 18.9 Å². The van der Waals surface area contributed by atoms with E-state index in [1.807, 2.05) is 30.3 Å². The van der Waals surface area contributed by atoms with Crippen molar-refractivity contribution in [1.82, 2.24) is 0 Å². The number of esters is 2. The molecule has 1 aliphatic rings. The number of rotatable bonds is 3. The molecule has 0 N–H and O–H groups in total. The summed E-state index contributed by atoms with van der Waals surface area (Å²) >= 11 is 0. The third-order valence-corrected chi connectivity index (χ3v) is 4.00. The third-order valence-electron chi connectivity index (χ3n) is 4.00. The Morgan fingerprint density at radius 2 is 1.71 bits per heavy atom. The van der Waals surface area contributed by atoms with Crippen molar-refractivity contribution >= 4 is 11.9 Å². The molecule has 1 atom stereocenters. The first-order valence-corrected chi connectivity index (χ1v) is 6.71. The molecule has 0 heterocycles. The van der Waals surface area contributed by atoms with Crippen molar-refractivity contribution in [3.05, 3.63) is 35.9 Å². The highest BCUT2D eigenvalue weighted by Gasteiger charge is 2.76. The van der Waals surface area contributed by atoms with Gasteiger partial charge in [0.25, 0.3) is 0 Å². The third kappa shape index (κ3) is 2.52. The van der Waals surface area contributed by atoms with Gasteiger partial charge in [0, 0.05) is 6.42 Å². The maximum Gasteiger partial charge on any atom is 0.324 e. The Balaban J connectivity index is 2.17. The molecule has 1 saturated carbocycles. The zero-order valence-corrected chi connectivity index (χ0v) is 12.4. The molecule has 0 bridgehead atoms. The van der Waals surface area contributed by atoms with Gasteiger partial charge in [0.1, 0.15) is 0 Å². The summed E-state index contributed by atoms with van der Waals surface area (Å²) in [5.41, 5.74) is -0.904. The second kappa shape index (κ2) is 5.61. The minimum Gasteiger partial charge on any atom is -0.468 e. The molecule has 1 unspecified atom stereocenters. The number of carbonyl (C=O) groups excluding carboxylic acids is 2. The van der Waals surface area contributed by atoms with Crippen LogP contribution in [0.25, 0.3) is 0 Å². The zero-order chi connectivity index (χ0) is 15.5. The van der Waals surface area contributed by atoms with Gasteiger partial charge in [-0.3, -0.25) is 9.59 Å². The first-order valence-electron chi connectivity index (χ1n) is 6.71. The molecule has 1 aromatic rings. The van der Waals surface area contributed by atoms with Gasteiger partial charge in [-0.1, -0.05) is 42.2 Å². The summed E-state index contributed by atoms with van der Waals surface area (Å²) in [6.45, 7) is 1.79. The molecule has 4 heteroatoms. The van der Waals surface area contributed by atoms with Crippen molar-refractivity contribution in [3.8, 4) is 11.8 Å². The topological polar surface area (TPSA) is 52.6 Å². The second-order valence-corrected chi connectivity index (χ2v) is 5.36. The average Bonchev–Trinajstić information content (AvgIpc) is 3.14. The van der Waals surface area contributed by atoms with E-state index in [9.17, 15) is 9.59 Å². The highest BCUT2D eigenvalue weighted by molar-refractivity contribution is 6.05. The number of ether oxygens (including phenoxy) is 2. The Morgan fingerprint density at radius 3 is 2.24 bits per heavy atom. The molecule has 0 saturated heterocycles. The summed E-state index contributed by atoms with van der Waals surface area (Å²) in [5.74, 6) is 4.95. The van der Waals surface area contributed by atoms with Gasteiger partial charge in [-0.25, -0.2) is 0 Å². The van der Waals surface area contributed by atoms with E-state index >= 15 is 0 Å². The number of methoxy groups -OCH3 is 2. The molecule has 1 aliphatic carbocycles. The maximum atomic E-state index is 12.0. The van der Waals surface area contributed by atoms with E-state index in [4.69, 9.17) is 9.47 Å². The smallest absolute Gasteiger partial charge is 0.324 e. The fourth-order valence-electron chi connectivity index (χ4n) is 2.60. The lowest BCUT2D eigenvalue weighted by molar-refractivity contribution is -0.162. The quantitative estimate of drug-likeness (QED) is 0.484. The lowest BCUT2D eigenvalue weighted by atomic mass is 9.94. The number of hydrogen-bond donors (Lipinski definition) is 0. The molecule has 0 aromatic heterocycles. The van der Waals surface area contributed by atoms with Crippen LogP contribution in [0.5, 0.6) is 0 Å². The van der Waals surface area contributed by atoms with E-state index < -0.39 is 22.8 Å². The summed E-state index contributed by atoms with van der Waals surface area (Å²) in [6, 6.07) is 9.81. The van der Waals surface area contributed by atoms with E-state index in [0.717, 1.165) is 5.56 Å². The highest BCUT2D eigenvalue weighted by Crippen LogP contribution is 2.64. The summed E-state index contributed by atoms with van der Waals surface area (Å²) < 4.78 is 9.51. The van der Waals surface area contributed by atoms with Crippen molar-refractivity contribution in [2.45, 2.75) is 19.8 Å². The Labute approximate surface area is 124 Å².